The zero-order chi connectivity index (χ0) is 16.4. The van der Waals surface area contributed by atoms with Gasteiger partial charge in [0, 0.05) is 31.1 Å². The second-order valence-corrected chi connectivity index (χ2v) is 6.67. The van der Waals surface area contributed by atoms with Crippen molar-refractivity contribution in [1.82, 2.24) is 4.90 Å². The van der Waals surface area contributed by atoms with Gasteiger partial charge in [0.1, 0.15) is 5.69 Å². The normalized spacial score (nSPS) is 21.6. The largest absolute Gasteiger partial charge is 0.375 e. The van der Waals surface area contributed by atoms with Crippen LogP contribution in [0.1, 0.15) is 37.7 Å². The molecule has 1 aliphatic carbocycles. The van der Waals surface area contributed by atoms with Crippen molar-refractivity contribution in [1.29, 1.82) is 0 Å². The van der Waals surface area contributed by atoms with E-state index in [1.807, 2.05) is 17.9 Å². The molecule has 6 heteroatoms. The molecule has 1 saturated carbocycles. The molecule has 23 heavy (non-hydrogen) atoms. The van der Waals surface area contributed by atoms with Gasteiger partial charge in [-0.1, -0.05) is 18.9 Å². The number of carbonyl (C=O) groups is 1. The lowest BCUT2D eigenvalue weighted by atomic mass is 10.1. The van der Waals surface area contributed by atoms with E-state index in [2.05, 4.69) is 5.32 Å². The molecule has 0 bridgehead atoms. The van der Waals surface area contributed by atoms with E-state index in [4.69, 9.17) is 0 Å². The Kier molecular flexibility index (Phi) is 4.50. The standard InChI is InChI=1S/C17H23N3O3/c1-12-6-7-15(16(10-12)20(22)23)18-14-8-9-19(11-14)17(21)13-4-2-3-5-13/h6-7,10,13-14,18H,2-5,8-9,11H2,1H3. The van der Waals surface area contributed by atoms with Crippen LogP contribution >= 0.6 is 0 Å². The van der Waals surface area contributed by atoms with Crippen LogP contribution in [0.5, 0.6) is 0 Å². The summed E-state index contributed by atoms with van der Waals surface area (Å²) < 4.78 is 0. The highest BCUT2D eigenvalue weighted by Gasteiger charge is 2.32. The number of nitrogens with zero attached hydrogens (tertiary/aromatic N) is 2. The highest BCUT2D eigenvalue weighted by molar-refractivity contribution is 5.79. The molecule has 1 heterocycles. The Labute approximate surface area is 136 Å². The third-order valence-electron chi connectivity index (χ3n) is 4.91. The van der Waals surface area contributed by atoms with Crippen molar-refractivity contribution < 1.29 is 9.72 Å². The first-order valence-electron chi connectivity index (χ1n) is 8.35. The lowest BCUT2D eigenvalue weighted by molar-refractivity contribution is -0.384. The van der Waals surface area contributed by atoms with Gasteiger partial charge in [-0.05, 0) is 37.8 Å². The van der Waals surface area contributed by atoms with E-state index in [9.17, 15) is 14.9 Å². The number of nitro groups is 1. The molecule has 1 aromatic rings. The number of nitro benzene ring substituents is 1. The molecule has 0 aromatic heterocycles. The van der Waals surface area contributed by atoms with Crippen molar-refractivity contribution in [2.24, 2.45) is 5.92 Å². The van der Waals surface area contributed by atoms with Crippen LogP contribution in [-0.4, -0.2) is 34.9 Å². The van der Waals surface area contributed by atoms with E-state index >= 15 is 0 Å². The highest BCUT2D eigenvalue weighted by Crippen LogP contribution is 2.30. The van der Waals surface area contributed by atoms with Gasteiger partial charge in [0.25, 0.3) is 5.69 Å². The number of rotatable bonds is 4. The molecular weight excluding hydrogens is 294 g/mol. The first kappa shape index (κ1) is 15.8. The van der Waals surface area contributed by atoms with E-state index < -0.39 is 0 Å². The van der Waals surface area contributed by atoms with Crippen LogP contribution in [0.15, 0.2) is 18.2 Å². The average molecular weight is 317 g/mol. The van der Waals surface area contributed by atoms with Crippen molar-refractivity contribution in [3.05, 3.63) is 33.9 Å². The van der Waals surface area contributed by atoms with Gasteiger partial charge in [0.05, 0.1) is 4.92 Å². The van der Waals surface area contributed by atoms with Crippen molar-refractivity contribution >= 4 is 17.3 Å². The molecule has 1 aliphatic heterocycles. The molecule has 1 N–H and O–H groups in total. The van der Waals surface area contributed by atoms with Gasteiger partial charge in [-0.15, -0.1) is 0 Å². The number of likely N-dealkylation sites (tertiary alicyclic amines) is 1. The van der Waals surface area contributed by atoms with Gasteiger partial charge in [-0.3, -0.25) is 14.9 Å². The Balaban J connectivity index is 1.64. The minimum Gasteiger partial charge on any atom is -0.375 e. The molecule has 2 fully saturated rings. The number of benzene rings is 1. The minimum atomic E-state index is -0.355. The van der Waals surface area contributed by atoms with Crippen molar-refractivity contribution in [3.63, 3.8) is 0 Å². The van der Waals surface area contributed by atoms with Crippen molar-refractivity contribution in [3.8, 4) is 0 Å². The molecule has 6 nitrogen and oxygen atoms in total. The summed E-state index contributed by atoms with van der Waals surface area (Å²) in [6.07, 6.45) is 5.17. The summed E-state index contributed by atoms with van der Waals surface area (Å²) in [6, 6.07) is 5.29. The highest BCUT2D eigenvalue weighted by atomic mass is 16.6. The van der Waals surface area contributed by atoms with Gasteiger partial charge in [-0.2, -0.15) is 0 Å². The van der Waals surface area contributed by atoms with Crippen LogP contribution in [0, 0.1) is 23.0 Å². The molecule has 0 radical (unpaired) electrons. The fraction of sp³-hybridized carbons (Fsp3) is 0.588. The Morgan fingerprint density at radius 2 is 2.04 bits per heavy atom. The first-order chi connectivity index (χ1) is 11.0. The summed E-state index contributed by atoms with van der Waals surface area (Å²) >= 11 is 0. The van der Waals surface area contributed by atoms with Gasteiger partial charge >= 0.3 is 0 Å². The fourth-order valence-corrected chi connectivity index (χ4v) is 3.64. The van der Waals surface area contributed by atoms with E-state index in [-0.39, 0.29) is 28.5 Å². The molecule has 1 unspecified atom stereocenters. The molecular formula is C17H23N3O3. The summed E-state index contributed by atoms with van der Waals surface area (Å²) in [5, 5.41) is 14.5. The molecule has 124 valence electrons. The number of hydrogen-bond donors (Lipinski definition) is 1. The molecule has 3 rings (SSSR count). The molecule has 1 amide bonds. The zero-order valence-electron chi connectivity index (χ0n) is 13.5. The third-order valence-corrected chi connectivity index (χ3v) is 4.91. The summed E-state index contributed by atoms with van der Waals surface area (Å²) in [5.74, 6) is 0.465. The number of carbonyl (C=O) groups excluding carboxylic acids is 1. The smallest absolute Gasteiger partial charge is 0.292 e. The SMILES string of the molecule is Cc1ccc(NC2CCN(C(=O)C3CCCC3)C2)c([N+](=O)[O-])c1. The van der Waals surface area contributed by atoms with E-state index in [0.29, 0.717) is 12.2 Å². The summed E-state index contributed by atoms with van der Waals surface area (Å²) in [7, 11) is 0. The van der Waals surface area contributed by atoms with Crippen molar-refractivity contribution in [2.75, 3.05) is 18.4 Å². The number of hydrogen-bond acceptors (Lipinski definition) is 4. The van der Waals surface area contributed by atoms with Gasteiger partial charge < -0.3 is 10.2 Å². The van der Waals surface area contributed by atoms with Crippen LogP contribution in [0.4, 0.5) is 11.4 Å². The predicted molar refractivity (Wildman–Crippen MR) is 88.4 cm³/mol. The third kappa shape index (κ3) is 3.46. The van der Waals surface area contributed by atoms with Crippen molar-refractivity contribution in [2.45, 2.75) is 45.1 Å². The quantitative estimate of drug-likeness (QED) is 0.684. The van der Waals surface area contributed by atoms with E-state index in [0.717, 1.165) is 44.2 Å². The zero-order valence-corrected chi connectivity index (χ0v) is 13.5. The monoisotopic (exact) mass is 317 g/mol. The number of amides is 1. The Morgan fingerprint density at radius 3 is 2.74 bits per heavy atom. The Morgan fingerprint density at radius 1 is 1.30 bits per heavy atom. The van der Waals surface area contributed by atoms with E-state index in [1.54, 1.807) is 12.1 Å². The summed E-state index contributed by atoms with van der Waals surface area (Å²) in [6.45, 7) is 3.22. The Hall–Kier alpha value is -2.11. The van der Waals surface area contributed by atoms with Gasteiger partial charge in [0.2, 0.25) is 5.91 Å². The number of anilines is 1. The predicted octanol–water partition coefficient (Wildman–Crippen LogP) is 3.11. The van der Waals surface area contributed by atoms with Crippen LogP contribution < -0.4 is 5.32 Å². The van der Waals surface area contributed by atoms with Crippen LogP contribution in [-0.2, 0) is 4.79 Å². The second kappa shape index (κ2) is 6.56. The van der Waals surface area contributed by atoms with Crippen LogP contribution in [0.25, 0.3) is 0 Å². The maximum absolute atomic E-state index is 12.5. The van der Waals surface area contributed by atoms with Crippen LogP contribution in [0.3, 0.4) is 0 Å². The molecule has 1 aromatic carbocycles. The lowest BCUT2D eigenvalue weighted by Gasteiger charge is -2.21. The average Bonchev–Trinajstić information content (AvgIpc) is 3.19. The van der Waals surface area contributed by atoms with Gasteiger partial charge in [-0.25, -0.2) is 0 Å². The fourth-order valence-electron chi connectivity index (χ4n) is 3.64. The minimum absolute atomic E-state index is 0.0850. The summed E-state index contributed by atoms with van der Waals surface area (Å²) in [5.41, 5.74) is 1.51. The number of aryl methyl sites for hydroxylation is 1. The van der Waals surface area contributed by atoms with E-state index in [1.165, 1.54) is 0 Å². The topological polar surface area (TPSA) is 75.5 Å². The molecule has 1 saturated heterocycles. The first-order valence-corrected chi connectivity index (χ1v) is 8.35. The van der Waals surface area contributed by atoms with Crippen LogP contribution in [0.2, 0.25) is 0 Å². The molecule has 0 spiro atoms. The second-order valence-electron chi connectivity index (χ2n) is 6.67. The number of nitrogens with one attached hydrogen (secondary N) is 1. The molecule has 1 atom stereocenters. The van der Waals surface area contributed by atoms with Gasteiger partial charge in [0.15, 0.2) is 0 Å². The Bertz CT molecular complexity index is 611. The molecule has 2 aliphatic rings. The summed E-state index contributed by atoms with van der Waals surface area (Å²) in [4.78, 5) is 25.2. The maximum atomic E-state index is 12.5. The maximum Gasteiger partial charge on any atom is 0.292 e. The lowest BCUT2D eigenvalue weighted by Crippen LogP contribution is -2.35.